The molecular formula is C14H19NO2. The molecule has 2 N–H and O–H groups in total. The molecule has 3 heteroatoms. The maximum Gasteiger partial charge on any atom is 0.0725 e. The van der Waals surface area contributed by atoms with Crippen molar-refractivity contribution in [2.75, 3.05) is 13.2 Å². The van der Waals surface area contributed by atoms with E-state index >= 15 is 0 Å². The fourth-order valence-electron chi connectivity index (χ4n) is 2.75. The first-order chi connectivity index (χ1) is 8.34. The molecule has 0 radical (unpaired) electrons. The molecule has 17 heavy (non-hydrogen) atoms. The lowest BCUT2D eigenvalue weighted by molar-refractivity contribution is 0.0583. The van der Waals surface area contributed by atoms with Gasteiger partial charge in [0.05, 0.1) is 13.2 Å². The van der Waals surface area contributed by atoms with Crippen LogP contribution < -0.4 is 5.73 Å². The van der Waals surface area contributed by atoms with E-state index in [0.29, 0.717) is 5.92 Å². The molecule has 2 aliphatic heterocycles. The molecule has 0 saturated carbocycles. The zero-order chi connectivity index (χ0) is 11.7. The Hall–Kier alpha value is -0.900. The molecule has 0 aromatic heterocycles. The zero-order valence-electron chi connectivity index (χ0n) is 10.0. The highest BCUT2D eigenvalue weighted by Gasteiger charge is 2.23. The highest BCUT2D eigenvalue weighted by Crippen LogP contribution is 2.30. The van der Waals surface area contributed by atoms with Crippen LogP contribution in [0.25, 0.3) is 0 Å². The summed E-state index contributed by atoms with van der Waals surface area (Å²) in [6.45, 7) is 3.20. The fourth-order valence-corrected chi connectivity index (χ4v) is 2.75. The Bertz CT molecular complexity index is 399. The van der Waals surface area contributed by atoms with Crippen LogP contribution in [0.1, 0.15) is 35.6 Å². The molecule has 0 spiro atoms. The van der Waals surface area contributed by atoms with Crippen LogP contribution in [0.4, 0.5) is 0 Å². The normalized spacial score (nSPS) is 22.4. The Morgan fingerprint density at radius 1 is 1.06 bits per heavy atom. The van der Waals surface area contributed by atoms with Crippen molar-refractivity contribution in [2.45, 2.75) is 32.1 Å². The molecule has 0 amide bonds. The van der Waals surface area contributed by atoms with E-state index in [0.717, 1.165) is 39.3 Å². The SMILES string of the molecule is NC(c1ccc2c(c1)COC2)C1CCOCC1. The first kappa shape index (κ1) is 11.2. The van der Waals surface area contributed by atoms with Crippen molar-refractivity contribution in [1.29, 1.82) is 0 Å². The summed E-state index contributed by atoms with van der Waals surface area (Å²) >= 11 is 0. The Morgan fingerprint density at radius 2 is 1.82 bits per heavy atom. The van der Waals surface area contributed by atoms with Crippen molar-refractivity contribution in [3.05, 3.63) is 34.9 Å². The monoisotopic (exact) mass is 233 g/mol. The molecule has 3 rings (SSSR count). The minimum atomic E-state index is 0.143. The molecule has 1 fully saturated rings. The van der Waals surface area contributed by atoms with E-state index in [1.165, 1.54) is 16.7 Å². The topological polar surface area (TPSA) is 44.5 Å². The Morgan fingerprint density at radius 3 is 2.65 bits per heavy atom. The molecular weight excluding hydrogens is 214 g/mol. The van der Waals surface area contributed by atoms with E-state index in [9.17, 15) is 0 Å². The maximum absolute atomic E-state index is 6.37. The second kappa shape index (κ2) is 4.77. The van der Waals surface area contributed by atoms with Crippen LogP contribution in [-0.2, 0) is 22.7 Å². The van der Waals surface area contributed by atoms with Gasteiger partial charge in [-0.15, -0.1) is 0 Å². The summed E-state index contributed by atoms with van der Waals surface area (Å²) in [6, 6.07) is 6.69. The van der Waals surface area contributed by atoms with E-state index in [1.807, 2.05) is 0 Å². The van der Waals surface area contributed by atoms with Crippen molar-refractivity contribution < 1.29 is 9.47 Å². The van der Waals surface area contributed by atoms with E-state index < -0.39 is 0 Å². The summed E-state index contributed by atoms with van der Waals surface area (Å²) in [5.41, 5.74) is 10.2. The number of nitrogens with two attached hydrogens (primary N) is 1. The molecule has 3 nitrogen and oxygen atoms in total. The predicted octanol–water partition coefficient (Wildman–Crippen LogP) is 2.14. The fraction of sp³-hybridized carbons (Fsp3) is 0.571. The highest BCUT2D eigenvalue weighted by atomic mass is 16.5. The molecule has 92 valence electrons. The molecule has 1 atom stereocenters. The molecule has 1 unspecified atom stereocenters. The van der Waals surface area contributed by atoms with Gasteiger partial charge in [-0.05, 0) is 35.4 Å². The number of ether oxygens (including phenoxy) is 2. The van der Waals surface area contributed by atoms with Gasteiger partial charge >= 0.3 is 0 Å². The summed E-state index contributed by atoms with van der Waals surface area (Å²) in [5.74, 6) is 0.559. The van der Waals surface area contributed by atoms with Crippen LogP contribution >= 0.6 is 0 Å². The zero-order valence-corrected chi connectivity index (χ0v) is 10.0. The maximum atomic E-state index is 6.37. The molecule has 0 bridgehead atoms. The number of benzene rings is 1. The van der Waals surface area contributed by atoms with Gasteiger partial charge in [0.2, 0.25) is 0 Å². The van der Waals surface area contributed by atoms with E-state index in [1.54, 1.807) is 0 Å². The summed E-state index contributed by atoms with van der Waals surface area (Å²) < 4.78 is 10.8. The van der Waals surface area contributed by atoms with Crippen LogP contribution in [0.2, 0.25) is 0 Å². The van der Waals surface area contributed by atoms with E-state index in [2.05, 4.69) is 18.2 Å². The van der Waals surface area contributed by atoms with Crippen LogP contribution in [0.15, 0.2) is 18.2 Å². The van der Waals surface area contributed by atoms with Gasteiger partial charge in [0.15, 0.2) is 0 Å². The average molecular weight is 233 g/mol. The molecule has 2 aliphatic rings. The lowest BCUT2D eigenvalue weighted by Gasteiger charge is -2.28. The number of rotatable bonds is 2. The standard InChI is InChI=1S/C14H19NO2/c15-14(10-3-5-16-6-4-10)11-1-2-12-8-17-9-13(12)7-11/h1-2,7,10,14H,3-6,8-9,15H2. The average Bonchev–Trinajstić information content (AvgIpc) is 2.86. The smallest absolute Gasteiger partial charge is 0.0725 e. The number of fused-ring (bicyclic) bond motifs is 1. The van der Waals surface area contributed by atoms with Crippen molar-refractivity contribution in [3.8, 4) is 0 Å². The lowest BCUT2D eigenvalue weighted by atomic mass is 9.87. The van der Waals surface area contributed by atoms with Gasteiger partial charge in [0.1, 0.15) is 0 Å². The van der Waals surface area contributed by atoms with Crippen LogP contribution in [0, 0.1) is 5.92 Å². The molecule has 1 aromatic rings. The first-order valence-corrected chi connectivity index (χ1v) is 6.37. The number of hydrogen-bond acceptors (Lipinski definition) is 3. The third kappa shape index (κ3) is 2.23. The van der Waals surface area contributed by atoms with Gasteiger partial charge in [0.25, 0.3) is 0 Å². The van der Waals surface area contributed by atoms with Crippen LogP contribution in [0.3, 0.4) is 0 Å². The lowest BCUT2D eigenvalue weighted by Crippen LogP contribution is -2.27. The molecule has 1 saturated heterocycles. The first-order valence-electron chi connectivity index (χ1n) is 6.37. The van der Waals surface area contributed by atoms with Crippen molar-refractivity contribution in [3.63, 3.8) is 0 Å². The van der Waals surface area contributed by atoms with Crippen molar-refractivity contribution in [1.82, 2.24) is 0 Å². The van der Waals surface area contributed by atoms with Gasteiger partial charge in [-0.1, -0.05) is 18.2 Å². The Balaban J connectivity index is 1.78. The van der Waals surface area contributed by atoms with E-state index in [-0.39, 0.29) is 6.04 Å². The minimum Gasteiger partial charge on any atom is -0.381 e. The van der Waals surface area contributed by atoms with Crippen molar-refractivity contribution >= 4 is 0 Å². The van der Waals surface area contributed by atoms with E-state index in [4.69, 9.17) is 15.2 Å². The van der Waals surface area contributed by atoms with Gasteiger partial charge in [-0.3, -0.25) is 0 Å². The predicted molar refractivity (Wildman–Crippen MR) is 65.4 cm³/mol. The summed E-state index contributed by atoms with van der Waals surface area (Å²) in [7, 11) is 0. The van der Waals surface area contributed by atoms with Gasteiger partial charge in [-0.25, -0.2) is 0 Å². The largest absolute Gasteiger partial charge is 0.381 e. The minimum absolute atomic E-state index is 0.143. The van der Waals surface area contributed by atoms with Gasteiger partial charge in [-0.2, -0.15) is 0 Å². The molecule has 2 heterocycles. The molecule has 1 aromatic carbocycles. The second-order valence-electron chi connectivity index (χ2n) is 5.00. The summed E-state index contributed by atoms with van der Waals surface area (Å²) in [4.78, 5) is 0. The third-order valence-electron chi connectivity index (χ3n) is 3.90. The molecule has 0 aliphatic carbocycles. The highest BCUT2D eigenvalue weighted by molar-refractivity contribution is 5.34. The quantitative estimate of drug-likeness (QED) is 0.851. The van der Waals surface area contributed by atoms with Crippen molar-refractivity contribution in [2.24, 2.45) is 11.7 Å². The Kier molecular flexibility index (Phi) is 3.14. The Labute approximate surface area is 102 Å². The van der Waals surface area contributed by atoms with Gasteiger partial charge in [0, 0.05) is 19.3 Å². The summed E-state index contributed by atoms with van der Waals surface area (Å²) in [6.07, 6.45) is 2.16. The second-order valence-corrected chi connectivity index (χ2v) is 5.00. The summed E-state index contributed by atoms with van der Waals surface area (Å²) in [5, 5.41) is 0. The van der Waals surface area contributed by atoms with Crippen LogP contribution in [-0.4, -0.2) is 13.2 Å². The van der Waals surface area contributed by atoms with Gasteiger partial charge < -0.3 is 15.2 Å². The third-order valence-corrected chi connectivity index (χ3v) is 3.90. The van der Waals surface area contributed by atoms with Crippen LogP contribution in [0.5, 0.6) is 0 Å². The number of hydrogen-bond donors (Lipinski definition) is 1.